The zero-order chi connectivity index (χ0) is 15.0. The number of hydrogen-bond acceptors (Lipinski definition) is 2. The van der Waals surface area contributed by atoms with Crippen molar-refractivity contribution in [2.24, 2.45) is 0 Å². The first-order valence-corrected chi connectivity index (χ1v) is 8.02. The summed E-state index contributed by atoms with van der Waals surface area (Å²) in [6.07, 6.45) is 5.06. The molecule has 1 heterocycles. The van der Waals surface area contributed by atoms with E-state index in [1.807, 2.05) is 13.8 Å². The lowest BCUT2D eigenvalue weighted by Gasteiger charge is -2.45. The Hall–Kier alpha value is -0.860. The second kappa shape index (κ2) is 8.43. The minimum atomic E-state index is 0.405. The highest BCUT2D eigenvalue weighted by atomic mass is 15.2. The van der Waals surface area contributed by atoms with Gasteiger partial charge in [0.15, 0.2) is 0 Å². The molecule has 20 heavy (non-hydrogen) atoms. The molecule has 0 amide bonds. The van der Waals surface area contributed by atoms with Crippen molar-refractivity contribution in [2.45, 2.75) is 45.1 Å². The molecule has 0 spiro atoms. The molecule has 0 aromatic heterocycles. The van der Waals surface area contributed by atoms with E-state index < -0.39 is 0 Å². The Morgan fingerprint density at radius 2 is 1.60 bits per heavy atom. The lowest BCUT2D eigenvalue weighted by molar-refractivity contribution is 0.0590. The highest BCUT2D eigenvalue weighted by Crippen LogP contribution is 2.31. The largest absolute Gasteiger partial charge is 0.306 e. The summed E-state index contributed by atoms with van der Waals surface area (Å²) >= 11 is 0. The summed E-state index contributed by atoms with van der Waals surface area (Å²) in [5.41, 5.74) is 1.88. The third-order valence-electron chi connectivity index (χ3n) is 4.59. The number of benzene rings is 1. The number of hydrogen-bond donors (Lipinski definition) is 0. The minimum absolute atomic E-state index is 0.405. The van der Waals surface area contributed by atoms with Crippen molar-refractivity contribution in [1.82, 2.24) is 9.80 Å². The molecule has 1 aliphatic rings. The van der Waals surface area contributed by atoms with Gasteiger partial charge in [0.05, 0.1) is 0 Å². The Kier molecular flexibility index (Phi) is 7.25. The molecule has 0 aliphatic carbocycles. The van der Waals surface area contributed by atoms with E-state index in [4.69, 9.17) is 0 Å². The fourth-order valence-electron chi connectivity index (χ4n) is 2.98. The van der Waals surface area contributed by atoms with Gasteiger partial charge in [0.25, 0.3) is 0 Å². The van der Waals surface area contributed by atoms with Gasteiger partial charge in [0, 0.05) is 5.54 Å². The predicted molar refractivity (Wildman–Crippen MR) is 89.3 cm³/mol. The van der Waals surface area contributed by atoms with Gasteiger partial charge in [-0.2, -0.15) is 0 Å². The van der Waals surface area contributed by atoms with Gasteiger partial charge < -0.3 is 9.80 Å². The summed E-state index contributed by atoms with van der Waals surface area (Å²) in [6.45, 7) is 6.46. The number of rotatable bonds is 4. The van der Waals surface area contributed by atoms with Crippen molar-refractivity contribution in [3.63, 3.8) is 0 Å². The number of piperidine rings is 1. The molecule has 0 unspecified atom stereocenters. The highest BCUT2D eigenvalue weighted by molar-refractivity contribution is 5.15. The fraction of sp³-hybridized carbons (Fsp3) is 0.667. The van der Waals surface area contributed by atoms with Gasteiger partial charge in [0.1, 0.15) is 0 Å². The van der Waals surface area contributed by atoms with Crippen molar-refractivity contribution in [3.05, 3.63) is 35.9 Å². The van der Waals surface area contributed by atoms with E-state index in [-0.39, 0.29) is 0 Å². The van der Waals surface area contributed by atoms with Crippen LogP contribution in [0.2, 0.25) is 0 Å². The average Bonchev–Trinajstić information content (AvgIpc) is 2.50. The smallest absolute Gasteiger partial charge is 0.0231 e. The monoisotopic (exact) mass is 276 g/mol. The van der Waals surface area contributed by atoms with Crippen LogP contribution in [0.3, 0.4) is 0 Å². The van der Waals surface area contributed by atoms with Crippen molar-refractivity contribution in [3.8, 4) is 0 Å². The Morgan fingerprint density at radius 3 is 2.10 bits per heavy atom. The van der Waals surface area contributed by atoms with Crippen molar-refractivity contribution in [2.75, 3.05) is 34.2 Å². The summed E-state index contributed by atoms with van der Waals surface area (Å²) in [7, 11) is 6.73. The van der Waals surface area contributed by atoms with Gasteiger partial charge in [-0.05, 0) is 65.5 Å². The first-order valence-electron chi connectivity index (χ1n) is 8.02. The van der Waals surface area contributed by atoms with Crippen molar-refractivity contribution in [1.29, 1.82) is 0 Å². The van der Waals surface area contributed by atoms with Crippen LogP contribution in [0.25, 0.3) is 0 Å². The molecule has 0 N–H and O–H groups in total. The predicted octanol–water partition coefficient (Wildman–Crippen LogP) is 3.67. The molecule has 1 aliphatic heterocycles. The highest BCUT2D eigenvalue weighted by Gasteiger charge is 2.35. The van der Waals surface area contributed by atoms with Crippen molar-refractivity contribution < 1.29 is 0 Å². The van der Waals surface area contributed by atoms with Gasteiger partial charge in [-0.3, -0.25) is 0 Å². The van der Waals surface area contributed by atoms with Crippen LogP contribution in [0.1, 0.15) is 38.7 Å². The molecule has 0 atom stereocenters. The molecular formula is C18H32N2. The molecule has 1 aromatic rings. The number of aryl methyl sites for hydroxylation is 1. The molecule has 1 saturated heterocycles. The van der Waals surface area contributed by atoms with Crippen LogP contribution in [0.15, 0.2) is 30.3 Å². The fourth-order valence-corrected chi connectivity index (χ4v) is 2.98. The Bertz CT molecular complexity index is 351. The SMILES string of the molecule is CC.CN1CCC(CCc2ccccc2)(N(C)C)CC1. The zero-order valence-electron chi connectivity index (χ0n) is 14.0. The van der Waals surface area contributed by atoms with E-state index in [2.05, 4.69) is 61.3 Å². The first-order chi connectivity index (χ1) is 9.62. The molecule has 2 rings (SSSR count). The third kappa shape index (κ3) is 4.60. The number of likely N-dealkylation sites (tertiary alicyclic amines) is 1. The summed E-state index contributed by atoms with van der Waals surface area (Å²) in [5, 5.41) is 0. The molecule has 0 radical (unpaired) electrons. The van der Waals surface area contributed by atoms with E-state index in [9.17, 15) is 0 Å². The molecule has 1 aromatic carbocycles. The maximum atomic E-state index is 2.46. The topological polar surface area (TPSA) is 6.48 Å². The van der Waals surface area contributed by atoms with Crippen LogP contribution in [0, 0.1) is 0 Å². The van der Waals surface area contributed by atoms with Crippen LogP contribution in [0.4, 0.5) is 0 Å². The van der Waals surface area contributed by atoms with Crippen molar-refractivity contribution >= 4 is 0 Å². The summed E-state index contributed by atoms with van der Waals surface area (Å²) in [4.78, 5) is 4.91. The Balaban J connectivity index is 0.000000956. The number of nitrogens with zero attached hydrogens (tertiary/aromatic N) is 2. The second-order valence-electron chi connectivity index (χ2n) is 5.91. The van der Waals surface area contributed by atoms with E-state index in [1.165, 1.54) is 44.3 Å². The van der Waals surface area contributed by atoms with E-state index in [0.717, 1.165) is 0 Å². The molecule has 1 fully saturated rings. The molecule has 2 heteroatoms. The minimum Gasteiger partial charge on any atom is -0.306 e. The lowest BCUT2D eigenvalue weighted by atomic mass is 9.81. The van der Waals surface area contributed by atoms with E-state index in [1.54, 1.807) is 0 Å². The molecule has 0 bridgehead atoms. The molecule has 114 valence electrons. The van der Waals surface area contributed by atoms with Crippen LogP contribution in [-0.4, -0.2) is 49.6 Å². The quantitative estimate of drug-likeness (QED) is 0.828. The molecular weight excluding hydrogens is 244 g/mol. The maximum absolute atomic E-state index is 2.46. The van der Waals surface area contributed by atoms with Gasteiger partial charge in [0.2, 0.25) is 0 Å². The van der Waals surface area contributed by atoms with Crippen LogP contribution >= 0.6 is 0 Å². The van der Waals surface area contributed by atoms with Crippen LogP contribution in [0.5, 0.6) is 0 Å². The summed E-state index contributed by atoms with van der Waals surface area (Å²) in [5.74, 6) is 0. The lowest BCUT2D eigenvalue weighted by Crippen LogP contribution is -2.52. The zero-order valence-corrected chi connectivity index (χ0v) is 14.0. The Morgan fingerprint density at radius 1 is 1.05 bits per heavy atom. The summed E-state index contributed by atoms with van der Waals surface area (Å²) < 4.78 is 0. The normalized spacial score (nSPS) is 18.5. The third-order valence-corrected chi connectivity index (χ3v) is 4.59. The van der Waals surface area contributed by atoms with E-state index in [0.29, 0.717) is 5.54 Å². The maximum Gasteiger partial charge on any atom is 0.0231 e. The van der Waals surface area contributed by atoms with Crippen LogP contribution in [-0.2, 0) is 6.42 Å². The van der Waals surface area contributed by atoms with Gasteiger partial charge >= 0.3 is 0 Å². The molecule has 0 saturated carbocycles. The molecule has 2 nitrogen and oxygen atoms in total. The Labute approximate surface area is 125 Å². The summed E-state index contributed by atoms with van der Waals surface area (Å²) in [6, 6.07) is 10.9. The second-order valence-corrected chi connectivity index (χ2v) is 5.91. The van der Waals surface area contributed by atoms with E-state index >= 15 is 0 Å². The van der Waals surface area contributed by atoms with Crippen LogP contribution < -0.4 is 0 Å². The van der Waals surface area contributed by atoms with Gasteiger partial charge in [-0.1, -0.05) is 44.2 Å². The van der Waals surface area contributed by atoms with Gasteiger partial charge in [-0.25, -0.2) is 0 Å². The first kappa shape index (κ1) is 17.2. The van der Waals surface area contributed by atoms with Gasteiger partial charge in [-0.15, -0.1) is 0 Å². The standard InChI is InChI=1S/C16H26N2.C2H6/c1-17(2)16(11-13-18(3)14-12-16)10-9-15-7-5-4-6-8-15;1-2/h4-8H,9-14H2,1-3H3;1-2H3. The average molecular weight is 276 g/mol.